The number of ether oxygens (including phenoxy) is 3. The zero-order chi connectivity index (χ0) is 29.1. The predicted molar refractivity (Wildman–Crippen MR) is 153 cm³/mol. The van der Waals surface area contributed by atoms with Crippen molar-refractivity contribution in [2.75, 3.05) is 25.6 Å². The third-order valence-electron chi connectivity index (χ3n) is 5.77. The summed E-state index contributed by atoms with van der Waals surface area (Å²) >= 11 is 0. The smallest absolute Gasteiger partial charge is 0.329 e. The highest BCUT2D eigenvalue weighted by molar-refractivity contribution is 6.35. The number of hydrazone groups is 1. The average Bonchev–Trinajstić information content (AvgIpc) is 2.93. The Labute approximate surface area is 233 Å². The molecular weight excluding hydrogens is 512 g/mol. The number of amides is 3. The van der Waals surface area contributed by atoms with Gasteiger partial charge in [0.1, 0.15) is 5.75 Å². The molecule has 10 nitrogen and oxygen atoms in total. The van der Waals surface area contributed by atoms with E-state index in [0.29, 0.717) is 29.4 Å². The molecule has 0 spiro atoms. The molecule has 3 amide bonds. The highest BCUT2D eigenvalue weighted by Crippen LogP contribution is 2.28. The van der Waals surface area contributed by atoms with E-state index in [1.165, 1.54) is 6.21 Å². The summed E-state index contributed by atoms with van der Waals surface area (Å²) in [7, 11) is 1.57. The third kappa shape index (κ3) is 8.59. The van der Waals surface area contributed by atoms with Crippen LogP contribution in [-0.4, -0.2) is 44.3 Å². The molecule has 0 saturated carbocycles. The SMILES string of the molecule is CCOc1cc(/C=N\NC(=O)C(=O)NCc2ccc(OC)cc2)ccc1OCC(=O)Nc1c(C)cc(C)cc1C. The average molecular weight is 547 g/mol. The molecule has 0 aliphatic heterocycles. The van der Waals surface area contributed by atoms with Gasteiger partial charge in [-0.2, -0.15) is 5.10 Å². The van der Waals surface area contributed by atoms with Crippen LogP contribution in [0.3, 0.4) is 0 Å². The van der Waals surface area contributed by atoms with Gasteiger partial charge in [-0.3, -0.25) is 14.4 Å². The van der Waals surface area contributed by atoms with Crippen molar-refractivity contribution >= 4 is 29.6 Å². The molecule has 0 fully saturated rings. The van der Waals surface area contributed by atoms with E-state index in [-0.39, 0.29) is 19.1 Å². The molecule has 0 atom stereocenters. The first-order chi connectivity index (χ1) is 19.2. The van der Waals surface area contributed by atoms with Crippen molar-refractivity contribution in [3.05, 3.63) is 82.4 Å². The van der Waals surface area contributed by atoms with Crippen LogP contribution in [0.2, 0.25) is 0 Å². The number of rotatable bonds is 11. The Bertz CT molecular complexity index is 1360. The lowest BCUT2D eigenvalue weighted by molar-refractivity contribution is -0.139. The van der Waals surface area contributed by atoms with E-state index < -0.39 is 11.8 Å². The molecule has 3 rings (SSSR count). The van der Waals surface area contributed by atoms with Gasteiger partial charge in [0.25, 0.3) is 5.91 Å². The number of carbonyl (C=O) groups is 3. The number of hydrogen-bond donors (Lipinski definition) is 3. The standard InChI is InChI=1S/C30H34N4O6/c1-6-39-26-15-23(17-32-34-30(37)29(36)31-16-22-7-10-24(38-5)11-8-22)9-12-25(26)40-18-27(35)33-28-20(3)13-19(2)14-21(28)4/h7-15,17H,6,16,18H2,1-5H3,(H,31,36)(H,33,35)(H,34,37)/b32-17-. The van der Waals surface area contributed by atoms with Crippen molar-refractivity contribution in [1.82, 2.24) is 10.7 Å². The Morgan fingerprint density at radius 3 is 2.23 bits per heavy atom. The van der Waals surface area contributed by atoms with Crippen LogP contribution in [0.25, 0.3) is 0 Å². The Kier molecular flexibility index (Phi) is 10.6. The van der Waals surface area contributed by atoms with Gasteiger partial charge in [-0.05, 0) is 80.3 Å². The molecule has 3 aromatic carbocycles. The molecule has 0 aliphatic carbocycles. The lowest BCUT2D eigenvalue weighted by atomic mass is 10.1. The van der Waals surface area contributed by atoms with Gasteiger partial charge in [-0.1, -0.05) is 29.8 Å². The molecule has 0 unspecified atom stereocenters. The maximum atomic E-state index is 12.5. The number of methoxy groups -OCH3 is 1. The van der Waals surface area contributed by atoms with E-state index >= 15 is 0 Å². The molecule has 210 valence electrons. The monoisotopic (exact) mass is 546 g/mol. The lowest BCUT2D eigenvalue weighted by Crippen LogP contribution is -2.37. The summed E-state index contributed by atoms with van der Waals surface area (Å²) in [5.74, 6) is -0.529. The number of aryl methyl sites for hydroxylation is 3. The first-order valence-electron chi connectivity index (χ1n) is 12.7. The van der Waals surface area contributed by atoms with E-state index in [1.54, 1.807) is 49.6 Å². The van der Waals surface area contributed by atoms with Gasteiger partial charge in [-0.15, -0.1) is 0 Å². The number of benzene rings is 3. The summed E-state index contributed by atoms with van der Waals surface area (Å²) < 4.78 is 16.5. The molecule has 40 heavy (non-hydrogen) atoms. The van der Waals surface area contributed by atoms with E-state index in [9.17, 15) is 14.4 Å². The number of nitrogens with one attached hydrogen (secondary N) is 3. The van der Waals surface area contributed by atoms with Crippen LogP contribution in [0, 0.1) is 20.8 Å². The van der Waals surface area contributed by atoms with Crippen LogP contribution in [0.5, 0.6) is 17.2 Å². The lowest BCUT2D eigenvalue weighted by Gasteiger charge is -2.15. The van der Waals surface area contributed by atoms with Gasteiger partial charge in [0.2, 0.25) is 0 Å². The molecule has 0 aromatic heterocycles. The van der Waals surface area contributed by atoms with Crippen molar-refractivity contribution in [2.45, 2.75) is 34.2 Å². The highest BCUT2D eigenvalue weighted by atomic mass is 16.5. The summed E-state index contributed by atoms with van der Waals surface area (Å²) in [5.41, 5.74) is 7.46. The number of nitrogens with zero attached hydrogens (tertiary/aromatic N) is 1. The fraction of sp³-hybridized carbons (Fsp3) is 0.267. The Hall–Kier alpha value is -4.86. The van der Waals surface area contributed by atoms with E-state index in [4.69, 9.17) is 14.2 Å². The quantitative estimate of drug-likeness (QED) is 0.191. The van der Waals surface area contributed by atoms with Gasteiger partial charge in [0.15, 0.2) is 18.1 Å². The van der Waals surface area contributed by atoms with Crippen LogP contribution in [0.15, 0.2) is 59.7 Å². The second-order valence-electron chi connectivity index (χ2n) is 8.98. The van der Waals surface area contributed by atoms with Crippen molar-refractivity contribution in [3.8, 4) is 17.2 Å². The molecule has 3 N–H and O–H groups in total. The first-order valence-corrected chi connectivity index (χ1v) is 12.7. The van der Waals surface area contributed by atoms with E-state index in [1.807, 2.05) is 39.8 Å². The van der Waals surface area contributed by atoms with Crippen LogP contribution in [-0.2, 0) is 20.9 Å². The first kappa shape index (κ1) is 29.7. The van der Waals surface area contributed by atoms with E-state index in [2.05, 4.69) is 21.2 Å². The molecule has 0 radical (unpaired) electrons. The molecule has 0 heterocycles. The normalized spacial score (nSPS) is 10.6. The molecule has 3 aromatic rings. The molecule has 0 saturated heterocycles. The van der Waals surface area contributed by atoms with Crippen LogP contribution < -0.4 is 30.3 Å². The minimum atomic E-state index is -0.903. The van der Waals surface area contributed by atoms with Crippen LogP contribution >= 0.6 is 0 Å². The Balaban J connectivity index is 1.53. The van der Waals surface area contributed by atoms with Gasteiger partial charge in [0, 0.05) is 12.2 Å². The zero-order valence-corrected chi connectivity index (χ0v) is 23.3. The maximum Gasteiger partial charge on any atom is 0.329 e. The van der Waals surface area contributed by atoms with Crippen LogP contribution in [0.4, 0.5) is 5.69 Å². The van der Waals surface area contributed by atoms with Crippen molar-refractivity contribution in [2.24, 2.45) is 5.10 Å². The largest absolute Gasteiger partial charge is 0.497 e. The van der Waals surface area contributed by atoms with Gasteiger partial charge < -0.3 is 24.8 Å². The molecule has 0 bridgehead atoms. The summed E-state index contributed by atoms with van der Waals surface area (Å²) in [5, 5.41) is 9.29. The summed E-state index contributed by atoms with van der Waals surface area (Å²) in [6, 6.07) is 16.1. The third-order valence-corrected chi connectivity index (χ3v) is 5.77. The van der Waals surface area contributed by atoms with Gasteiger partial charge in [-0.25, -0.2) is 5.43 Å². The Morgan fingerprint density at radius 1 is 0.875 bits per heavy atom. The Morgan fingerprint density at radius 2 is 1.57 bits per heavy atom. The second-order valence-corrected chi connectivity index (χ2v) is 8.98. The maximum absolute atomic E-state index is 12.5. The second kappa shape index (κ2) is 14.3. The number of hydrogen-bond acceptors (Lipinski definition) is 7. The minimum Gasteiger partial charge on any atom is -0.497 e. The highest BCUT2D eigenvalue weighted by Gasteiger charge is 2.13. The summed E-state index contributed by atoms with van der Waals surface area (Å²) in [6.07, 6.45) is 1.37. The van der Waals surface area contributed by atoms with Gasteiger partial charge >= 0.3 is 11.8 Å². The van der Waals surface area contributed by atoms with Crippen molar-refractivity contribution in [1.29, 1.82) is 0 Å². The predicted octanol–water partition coefficient (Wildman–Crippen LogP) is 3.80. The minimum absolute atomic E-state index is 0.182. The fourth-order valence-corrected chi connectivity index (χ4v) is 3.91. The molecule has 10 heteroatoms. The van der Waals surface area contributed by atoms with Crippen LogP contribution in [0.1, 0.15) is 34.7 Å². The number of carbonyl (C=O) groups excluding carboxylic acids is 3. The van der Waals surface area contributed by atoms with Crippen molar-refractivity contribution in [3.63, 3.8) is 0 Å². The van der Waals surface area contributed by atoms with Gasteiger partial charge in [0.05, 0.1) is 19.9 Å². The summed E-state index contributed by atoms with van der Waals surface area (Å²) in [6.45, 7) is 8.07. The number of anilines is 1. The molecule has 0 aliphatic rings. The summed E-state index contributed by atoms with van der Waals surface area (Å²) in [4.78, 5) is 36.7. The van der Waals surface area contributed by atoms with Crippen molar-refractivity contribution < 1.29 is 28.6 Å². The van der Waals surface area contributed by atoms with E-state index in [0.717, 1.165) is 27.9 Å². The fourth-order valence-electron chi connectivity index (χ4n) is 3.91. The zero-order valence-electron chi connectivity index (χ0n) is 23.3. The topological polar surface area (TPSA) is 127 Å². The molecular formula is C30H34N4O6.